The minimum atomic E-state index is -0.196. The summed E-state index contributed by atoms with van der Waals surface area (Å²) in [7, 11) is 3.11. The van der Waals surface area contributed by atoms with Crippen LogP contribution >= 0.6 is 11.8 Å². The van der Waals surface area contributed by atoms with Crippen LogP contribution in [0, 0.1) is 0 Å². The number of rotatable bonds is 8. The van der Waals surface area contributed by atoms with Gasteiger partial charge in [0, 0.05) is 11.3 Å². The molecule has 0 aliphatic carbocycles. The number of hydrogen-bond acceptors (Lipinski definition) is 7. The highest BCUT2D eigenvalue weighted by Gasteiger charge is 2.14. The number of amides is 1. The van der Waals surface area contributed by atoms with E-state index >= 15 is 0 Å². The highest BCUT2D eigenvalue weighted by molar-refractivity contribution is 7.99. The van der Waals surface area contributed by atoms with Crippen molar-refractivity contribution in [1.82, 2.24) is 10.2 Å². The molecule has 0 aliphatic heterocycles. The molecule has 0 radical (unpaired) electrons. The molecule has 0 spiro atoms. The quantitative estimate of drug-likeness (QED) is 0.634. The van der Waals surface area contributed by atoms with Gasteiger partial charge >= 0.3 is 6.01 Å². The molecule has 1 heterocycles. The van der Waals surface area contributed by atoms with Gasteiger partial charge in [0.25, 0.3) is 0 Å². The molecular formula is C19H19N3O4S. The molecule has 140 valence electrons. The zero-order chi connectivity index (χ0) is 19.1. The van der Waals surface area contributed by atoms with Crippen molar-refractivity contribution in [1.29, 1.82) is 0 Å². The standard InChI is InChI=1S/C19H19N3O4S/c1-24-15-9-8-14(10-16(15)25-2)18-21-22-19(26-18)20-17(23)12-27-11-13-6-4-3-5-7-13/h3-10H,11-12H2,1-2H3,(H,20,22,23). The van der Waals surface area contributed by atoms with Gasteiger partial charge in [-0.1, -0.05) is 35.4 Å². The molecular weight excluding hydrogens is 366 g/mol. The Morgan fingerprint density at radius 3 is 2.59 bits per heavy atom. The van der Waals surface area contributed by atoms with Crippen LogP contribution in [-0.4, -0.2) is 36.1 Å². The molecule has 0 unspecified atom stereocenters. The molecule has 27 heavy (non-hydrogen) atoms. The number of benzene rings is 2. The van der Waals surface area contributed by atoms with Crippen molar-refractivity contribution in [2.45, 2.75) is 5.75 Å². The van der Waals surface area contributed by atoms with Crippen molar-refractivity contribution in [2.75, 3.05) is 25.3 Å². The first-order valence-corrected chi connectivity index (χ1v) is 9.32. The molecule has 1 aromatic heterocycles. The monoisotopic (exact) mass is 385 g/mol. The van der Waals surface area contributed by atoms with E-state index in [1.807, 2.05) is 30.3 Å². The Labute approximate surface area is 161 Å². The van der Waals surface area contributed by atoms with Gasteiger partial charge in [-0.3, -0.25) is 10.1 Å². The Kier molecular flexibility index (Phi) is 6.32. The number of carbonyl (C=O) groups is 1. The summed E-state index contributed by atoms with van der Waals surface area (Å²) in [5.41, 5.74) is 1.84. The van der Waals surface area contributed by atoms with Crippen LogP contribution in [0.2, 0.25) is 0 Å². The van der Waals surface area contributed by atoms with Crippen molar-refractivity contribution in [3.05, 3.63) is 54.1 Å². The lowest BCUT2D eigenvalue weighted by Gasteiger charge is -2.07. The molecule has 0 saturated heterocycles. The summed E-state index contributed by atoms with van der Waals surface area (Å²) in [5, 5.41) is 10.4. The summed E-state index contributed by atoms with van der Waals surface area (Å²) in [6, 6.07) is 15.3. The average molecular weight is 385 g/mol. The first kappa shape index (κ1) is 18.8. The lowest BCUT2D eigenvalue weighted by atomic mass is 10.2. The van der Waals surface area contributed by atoms with E-state index in [2.05, 4.69) is 15.5 Å². The fourth-order valence-corrected chi connectivity index (χ4v) is 3.14. The summed E-state index contributed by atoms with van der Waals surface area (Å²) < 4.78 is 16.0. The van der Waals surface area contributed by atoms with Crippen LogP contribution in [0.1, 0.15) is 5.56 Å². The van der Waals surface area contributed by atoms with Crippen molar-refractivity contribution in [2.24, 2.45) is 0 Å². The van der Waals surface area contributed by atoms with Crippen molar-refractivity contribution in [3.63, 3.8) is 0 Å². The van der Waals surface area contributed by atoms with Gasteiger partial charge < -0.3 is 13.9 Å². The third kappa shape index (κ3) is 5.01. The van der Waals surface area contributed by atoms with E-state index in [0.717, 1.165) is 5.75 Å². The smallest absolute Gasteiger partial charge is 0.322 e. The number of thioether (sulfide) groups is 1. The van der Waals surface area contributed by atoms with E-state index in [1.54, 1.807) is 32.4 Å². The predicted octanol–water partition coefficient (Wildman–Crippen LogP) is 3.63. The molecule has 0 atom stereocenters. The Morgan fingerprint density at radius 1 is 1.07 bits per heavy atom. The molecule has 0 fully saturated rings. The second kappa shape index (κ2) is 9.09. The number of nitrogens with zero attached hydrogens (tertiary/aromatic N) is 2. The minimum Gasteiger partial charge on any atom is -0.493 e. The van der Waals surface area contributed by atoms with Crippen LogP contribution in [0.25, 0.3) is 11.5 Å². The van der Waals surface area contributed by atoms with Crippen molar-refractivity contribution >= 4 is 23.7 Å². The Bertz CT molecular complexity index is 899. The van der Waals surface area contributed by atoms with E-state index in [0.29, 0.717) is 22.8 Å². The fraction of sp³-hybridized carbons (Fsp3) is 0.211. The van der Waals surface area contributed by atoms with Gasteiger partial charge in [-0.15, -0.1) is 16.9 Å². The maximum Gasteiger partial charge on any atom is 0.322 e. The van der Waals surface area contributed by atoms with E-state index in [-0.39, 0.29) is 17.8 Å². The number of methoxy groups -OCH3 is 2. The third-order valence-corrected chi connectivity index (χ3v) is 4.65. The lowest BCUT2D eigenvalue weighted by Crippen LogP contribution is -2.14. The van der Waals surface area contributed by atoms with E-state index in [1.165, 1.54) is 17.3 Å². The number of anilines is 1. The average Bonchev–Trinajstić information content (AvgIpc) is 3.16. The first-order chi connectivity index (χ1) is 13.2. The number of nitrogens with one attached hydrogen (secondary N) is 1. The largest absolute Gasteiger partial charge is 0.493 e. The third-order valence-electron chi connectivity index (χ3n) is 3.65. The van der Waals surface area contributed by atoms with Gasteiger partial charge in [-0.05, 0) is 23.8 Å². The lowest BCUT2D eigenvalue weighted by molar-refractivity contribution is -0.113. The summed E-state index contributed by atoms with van der Waals surface area (Å²) in [5.74, 6) is 2.29. The van der Waals surface area contributed by atoms with Gasteiger partial charge in [0.1, 0.15) is 0 Å². The molecule has 0 saturated carbocycles. The molecule has 7 nitrogen and oxygen atoms in total. The molecule has 3 aromatic rings. The highest BCUT2D eigenvalue weighted by Crippen LogP contribution is 2.32. The molecule has 2 aromatic carbocycles. The van der Waals surface area contributed by atoms with Gasteiger partial charge in [0.2, 0.25) is 11.8 Å². The van der Waals surface area contributed by atoms with E-state index in [9.17, 15) is 4.79 Å². The predicted molar refractivity (Wildman–Crippen MR) is 104 cm³/mol. The zero-order valence-corrected chi connectivity index (χ0v) is 15.8. The van der Waals surface area contributed by atoms with Crippen molar-refractivity contribution in [3.8, 4) is 23.0 Å². The number of ether oxygens (including phenoxy) is 2. The molecule has 1 amide bonds. The Morgan fingerprint density at radius 2 is 1.85 bits per heavy atom. The minimum absolute atomic E-state index is 0.0603. The van der Waals surface area contributed by atoms with Crippen LogP contribution in [0.4, 0.5) is 6.01 Å². The molecule has 8 heteroatoms. The van der Waals surface area contributed by atoms with E-state index in [4.69, 9.17) is 13.9 Å². The first-order valence-electron chi connectivity index (χ1n) is 8.17. The fourth-order valence-electron chi connectivity index (χ4n) is 2.35. The summed E-state index contributed by atoms with van der Waals surface area (Å²) in [6.07, 6.45) is 0. The highest BCUT2D eigenvalue weighted by atomic mass is 32.2. The summed E-state index contributed by atoms with van der Waals surface area (Å²) in [4.78, 5) is 12.0. The maximum atomic E-state index is 12.0. The number of aromatic nitrogens is 2. The van der Waals surface area contributed by atoms with Crippen LogP contribution in [0.15, 0.2) is 52.9 Å². The second-order valence-corrected chi connectivity index (χ2v) is 6.49. The van der Waals surface area contributed by atoms with Gasteiger partial charge in [-0.2, -0.15) is 0 Å². The van der Waals surface area contributed by atoms with Gasteiger partial charge in [0.15, 0.2) is 11.5 Å². The Balaban J connectivity index is 1.56. The summed E-state index contributed by atoms with van der Waals surface area (Å²) >= 11 is 1.51. The molecule has 1 N–H and O–H groups in total. The molecule has 0 bridgehead atoms. The number of hydrogen-bond donors (Lipinski definition) is 1. The van der Waals surface area contributed by atoms with Crippen molar-refractivity contribution < 1.29 is 18.7 Å². The topological polar surface area (TPSA) is 86.5 Å². The maximum absolute atomic E-state index is 12.0. The van der Waals surface area contributed by atoms with Crippen LogP contribution < -0.4 is 14.8 Å². The zero-order valence-electron chi connectivity index (χ0n) is 15.0. The SMILES string of the molecule is COc1ccc(-c2nnc(NC(=O)CSCc3ccccc3)o2)cc1OC. The Hall–Kier alpha value is -3.00. The van der Waals surface area contributed by atoms with Crippen LogP contribution in [0.3, 0.4) is 0 Å². The summed E-state index contributed by atoms with van der Waals surface area (Å²) in [6.45, 7) is 0. The van der Waals surface area contributed by atoms with Gasteiger partial charge in [0.05, 0.1) is 20.0 Å². The van der Waals surface area contributed by atoms with Crippen LogP contribution in [-0.2, 0) is 10.5 Å². The van der Waals surface area contributed by atoms with Crippen LogP contribution in [0.5, 0.6) is 11.5 Å². The normalized spacial score (nSPS) is 10.4. The number of carbonyl (C=O) groups excluding carboxylic acids is 1. The molecule has 0 aliphatic rings. The van der Waals surface area contributed by atoms with E-state index < -0.39 is 0 Å². The second-order valence-electron chi connectivity index (χ2n) is 5.51. The molecule has 3 rings (SSSR count). The van der Waals surface area contributed by atoms with Gasteiger partial charge in [-0.25, -0.2) is 0 Å².